The number of amides is 1. The summed E-state index contributed by atoms with van der Waals surface area (Å²) in [6.07, 6.45) is 2.00. The van der Waals surface area contributed by atoms with E-state index in [1.165, 1.54) is 0 Å². The third-order valence-corrected chi connectivity index (χ3v) is 5.53. The van der Waals surface area contributed by atoms with Crippen molar-refractivity contribution in [2.45, 2.75) is 18.7 Å². The molecular formula is C20H20BrN3OS. The van der Waals surface area contributed by atoms with Gasteiger partial charge in [0.25, 0.3) is 5.91 Å². The largest absolute Gasteiger partial charge is 0.306 e. The Bertz CT molecular complexity index is 964. The first kappa shape index (κ1) is 18.7. The molecule has 1 aromatic heterocycles. The lowest BCUT2D eigenvalue weighted by atomic mass is 10.1. The van der Waals surface area contributed by atoms with E-state index in [2.05, 4.69) is 26.3 Å². The Balaban J connectivity index is 2.00. The van der Waals surface area contributed by atoms with Gasteiger partial charge in [-0.15, -0.1) is 11.8 Å². The van der Waals surface area contributed by atoms with E-state index in [0.29, 0.717) is 11.4 Å². The van der Waals surface area contributed by atoms with Gasteiger partial charge in [0.2, 0.25) is 0 Å². The number of aryl methyl sites for hydroxylation is 3. The van der Waals surface area contributed by atoms with Gasteiger partial charge in [0, 0.05) is 27.5 Å². The topological polar surface area (TPSA) is 46.9 Å². The molecular weight excluding hydrogens is 410 g/mol. The van der Waals surface area contributed by atoms with Crippen LogP contribution >= 0.6 is 27.7 Å². The molecule has 0 saturated heterocycles. The van der Waals surface area contributed by atoms with Crippen LogP contribution in [0.4, 0.5) is 5.82 Å². The van der Waals surface area contributed by atoms with Crippen molar-refractivity contribution in [1.82, 2.24) is 9.78 Å². The molecule has 0 spiro atoms. The Hall–Kier alpha value is -2.05. The standard InChI is InChI=1S/C20H20BrN3OS/c1-12-5-10-16(26-4)11-17(12)20(25)22-19-18(13(2)23-24(19)3)14-6-8-15(21)9-7-14/h5-11H,1-4H3,(H,22,25). The van der Waals surface area contributed by atoms with E-state index in [-0.39, 0.29) is 5.91 Å². The summed E-state index contributed by atoms with van der Waals surface area (Å²) in [5.74, 6) is 0.573. The minimum atomic E-state index is -0.125. The van der Waals surface area contributed by atoms with Crippen molar-refractivity contribution in [2.24, 2.45) is 7.05 Å². The monoisotopic (exact) mass is 429 g/mol. The van der Waals surface area contributed by atoms with E-state index in [4.69, 9.17) is 0 Å². The van der Waals surface area contributed by atoms with Crippen molar-refractivity contribution >= 4 is 39.4 Å². The Morgan fingerprint density at radius 3 is 2.50 bits per heavy atom. The summed E-state index contributed by atoms with van der Waals surface area (Å²) >= 11 is 5.08. The summed E-state index contributed by atoms with van der Waals surface area (Å²) in [6.45, 7) is 3.90. The molecule has 0 unspecified atom stereocenters. The second-order valence-electron chi connectivity index (χ2n) is 6.07. The molecule has 0 saturated carbocycles. The van der Waals surface area contributed by atoms with E-state index in [1.807, 2.05) is 69.6 Å². The zero-order valence-electron chi connectivity index (χ0n) is 15.1. The Morgan fingerprint density at radius 1 is 1.15 bits per heavy atom. The average molecular weight is 430 g/mol. The van der Waals surface area contributed by atoms with E-state index in [9.17, 15) is 4.79 Å². The molecule has 0 radical (unpaired) electrons. The van der Waals surface area contributed by atoms with Crippen molar-refractivity contribution < 1.29 is 4.79 Å². The number of hydrogen-bond acceptors (Lipinski definition) is 3. The van der Waals surface area contributed by atoms with Crippen molar-refractivity contribution in [1.29, 1.82) is 0 Å². The fraction of sp³-hybridized carbons (Fsp3) is 0.200. The number of thioether (sulfide) groups is 1. The van der Waals surface area contributed by atoms with Gasteiger partial charge >= 0.3 is 0 Å². The average Bonchev–Trinajstić information content (AvgIpc) is 2.89. The number of rotatable bonds is 4. The molecule has 3 aromatic rings. The molecule has 3 rings (SSSR count). The van der Waals surface area contributed by atoms with Gasteiger partial charge in [0.05, 0.1) is 5.69 Å². The molecule has 0 bridgehead atoms. The Labute approximate surface area is 166 Å². The second-order valence-corrected chi connectivity index (χ2v) is 7.87. The van der Waals surface area contributed by atoms with Gasteiger partial charge in [0.15, 0.2) is 0 Å². The number of anilines is 1. The van der Waals surface area contributed by atoms with E-state index >= 15 is 0 Å². The number of halogens is 1. The summed E-state index contributed by atoms with van der Waals surface area (Å²) in [6, 6.07) is 13.9. The van der Waals surface area contributed by atoms with Crippen LogP contribution in [-0.4, -0.2) is 21.9 Å². The molecule has 0 aliphatic rings. The van der Waals surface area contributed by atoms with Gasteiger partial charge < -0.3 is 5.32 Å². The smallest absolute Gasteiger partial charge is 0.257 e. The molecule has 1 amide bonds. The molecule has 2 aromatic carbocycles. The lowest BCUT2D eigenvalue weighted by Gasteiger charge is -2.12. The molecule has 1 N–H and O–H groups in total. The minimum Gasteiger partial charge on any atom is -0.306 e. The van der Waals surface area contributed by atoms with Crippen LogP contribution in [-0.2, 0) is 7.05 Å². The molecule has 0 aliphatic heterocycles. The van der Waals surface area contributed by atoms with Gasteiger partial charge in [-0.25, -0.2) is 0 Å². The quantitative estimate of drug-likeness (QED) is 0.561. The second kappa shape index (κ2) is 7.68. The summed E-state index contributed by atoms with van der Waals surface area (Å²) in [7, 11) is 1.84. The predicted octanol–water partition coefficient (Wildman–Crippen LogP) is 5.44. The van der Waals surface area contributed by atoms with Crippen LogP contribution < -0.4 is 5.32 Å². The number of nitrogens with one attached hydrogen (secondary N) is 1. The molecule has 1 heterocycles. The van der Waals surface area contributed by atoms with Crippen molar-refractivity contribution in [2.75, 3.05) is 11.6 Å². The highest BCUT2D eigenvalue weighted by molar-refractivity contribution is 9.10. The highest BCUT2D eigenvalue weighted by atomic mass is 79.9. The summed E-state index contributed by atoms with van der Waals surface area (Å²) < 4.78 is 2.73. The summed E-state index contributed by atoms with van der Waals surface area (Å²) in [5, 5.41) is 7.56. The Morgan fingerprint density at radius 2 is 1.85 bits per heavy atom. The fourth-order valence-electron chi connectivity index (χ4n) is 2.91. The first-order chi connectivity index (χ1) is 12.4. The van der Waals surface area contributed by atoms with Crippen LogP contribution in [0, 0.1) is 13.8 Å². The lowest BCUT2D eigenvalue weighted by molar-refractivity contribution is 0.102. The molecule has 26 heavy (non-hydrogen) atoms. The van der Waals surface area contributed by atoms with E-state index in [1.54, 1.807) is 16.4 Å². The first-order valence-corrected chi connectivity index (χ1v) is 10.2. The molecule has 4 nitrogen and oxygen atoms in total. The number of hydrogen-bond donors (Lipinski definition) is 1. The number of carbonyl (C=O) groups excluding carboxylic acids is 1. The van der Waals surface area contributed by atoms with Crippen LogP contribution in [0.15, 0.2) is 51.8 Å². The van der Waals surface area contributed by atoms with Crippen molar-refractivity contribution in [3.63, 3.8) is 0 Å². The van der Waals surface area contributed by atoms with Gasteiger partial charge in [-0.05, 0) is 55.5 Å². The zero-order valence-corrected chi connectivity index (χ0v) is 17.5. The minimum absolute atomic E-state index is 0.125. The Kier molecular flexibility index (Phi) is 5.53. The fourth-order valence-corrected chi connectivity index (χ4v) is 3.62. The van der Waals surface area contributed by atoms with Gasteiger partial charge in [-0.2, -0.15) is 5.10 Å². The van der Waals surface area contributed by atoms with Crippen LogP contribution in [0.3, 0.4) is 0 Å². The van der Waals surface area contributed by atoms with Gasteiger partial charge in [-0.3, -0.25) is 9.48 Å². The van der Waals surface area contributed by atoms with Crippen LogP contribution in [0.5, 0.6) is 0 Å². The van der Waals surface area contributed by atoms with Gasteiger partial charge in [-0.1, -0.05) is 34.1 Å². The van der Waals surface area contributed by atoms with Crippen LogP contribution in [0.1, 0.15) is 21.6 Å². The molecule has 6 heteroatoms. The third-order valence-electron chi connectivity index (χ3n) is 4.28. The zero-order chi connectivity index (χ0) is 18.8. The maximum atomic E-state index is 12.9. The lowest BCUT2D eigenvalue weighted by Crippen LogP contribution is -2.16. The predicted molar refractivity (Wildman–Crippen MR) is 112 cm³/mol. The summed E-state index contributed by atoms with van der Waals surface area (Å²) in [5.41, 5.74) is 4.46. The maximum absolute atomic E-state index is 12.9. The molecule has 134 valence electrons. The van der Waals surface area contributed by atoms with Crippen LogP contribution in [0.2, 0.25) is 0 Å². The number of aromatic nitrogens is 2. The third kappa shape index (κ3) is 3.71. The van der Waals surface area contributed by atoms with Gasteiger partial charge in [0.1, 0.15) is 5.82 Å². The highest BCUT2D eigenvalue weighted by Crippen LogP contribution is 2.32. The maximum Gasteiger partial charge on any atom is 0.257 e. The van der Waals surface area contributed by atoms with Crippen molar-refractivity contribution in [3.8, 4) is 11.1 Å². The summed E-state index contributed by atoms with van der Waals surface area (Å²) in [4.78, 5) is 14.0. The first-order valence-electron chi connectivity index (χ1n) is 8.16. The number of benzene rings is 2. The highest BCUT2D eigenvalue weighted by Gasteiger charge is 2.19. The number of carbonyl (C=O) groups is 1. The van der Waals surface area contributed by atoms with Crippen LogP contribution in [0.25, 0.3) is 11.1 Å². The van der Waals surface area contributed by atoms with E-state index < -0.39 is 0 Å². The molecule has 0 aliphatic carbocycles. The van der Waals surface area contributed by atoms with Crippen molar-refractivity contribution in [3.05, 3.63) is 63.8 Å². The normalized spacial score (nSPS) is 10.8. The number of nitrogens with zero attached hydrogens (tertiary/aromatic N) is 2. The SMILES string of the molecule is CSc1ccc(C)c(C(=O)Nc2c(-c3ccc(Br)cc3)c(C)nn2C)c1. The molecule has 0 atom stereocenters. The molecule has 0 fully saturated rings. The van der Waals surface area contributed by atoms with E-state index in [0.717, 1.165) is 31.8 Å².